The molecule has 0 saturated heterocycles. The third-order valence-corrected chi connectivity index (χ3v) is 4.45. The second-order valence-corrected chi connectivity index (χ2v) is 6.44. The summed E-state index contributed by atoms with van der Waals surface area (Å²) in [5, 5.41) is 4.61. The molecule has 6 nitrogen and oxygen atoms in total. The maximum Gasteiger partial charge on any atom is 0.362 e. The van der Waals surface area contributed by atoms with Crippen molar-refractivity contribution >= 4 is 11.9 Å². The van der Waals surface area contributed by atoms with Gasteiger partial charge < -0.3 is 9.47 Å². The van der Waals surface area contributed by atoms with Gasteiger partial charge in [0.25, 0.3) is 0 Å². The van der Waals surface area contributed by atoms with Gasteiger partial charge in [-0.05, 0) is 36.4 Å². The lowest BCUT2D eigenvalue weighted by Crippen LogP contribution is -2.15. The molecule has 0 radical (unpaired) electrons. The average molecular weight is 398 g/mol. The number of para-hydroxylation sites is 1. The number of hydrogen-bond acceptors (Lipinski definition) is 5. The molecule has 0 unspecified atom stereocenters. The molecule has 0 bridgehead atoms. The number of benzene rings is 3. The fraction of sp³-hybridized carbons (Fsp3) is 0.0417. The van der Waals surface area contributed by atoms with Crippen LogP contribution in [-0.2, 0) is 4.74 Å². The highest BCUT2D eigenvalue weighted by Crippen LogP contribution is 2.23. The van der Waals surface area contributed by atoms with Crippen LogP contribution in [0.5, 0.6) is 5.75 Å². The number of nitrogens with zero attached hydrogens (tertiary/aromatic N) is 2. The Labute approximate surface area is 173 Å². The van der Waals surface area contributed by atoms with Gasteiger partial charge in [-0.2, -0.15) is 5.10 Å². The minimum Gasteiger partial charge on any atom is -0.465 e. The number of esters is 2. The van der Waals surface area contributed by atoms with Gasteiger partial charge >= 0.3 is 11.9 Å². The number of rotatable bonds is 5. The summed E-state index contributed by atoms with van der Waals surface area (Å²) < 4.78 is 11.8. The molecule has 0 atom stereocenters. The van der Waals surface area contributed by atoms with Gasteiger partial charge in [0.05, 0.1) is 24.1 Å². The Kier molecular flexibility index (Phi) is 5.39. The Morgan fingerprint density at radius 2 is 1.50 bits per heavy atom. The zero-order chi connectivity index (χ0) is 20.9. The van der Waals surface area contributed by atoms with Gasteiger partial charge in [-0.3, -0.25) is 0 Å². The largest absolute Gasteiger partial charge is 0.465 e. The third-order valence-electron chi connectivity index (χ3n) is 4.45. The Bertz CT molecular complexity index is 1180. The van der Waals surface area contributed by atoms with Crippen LogP contribution >= 0.6 is 0 Å². The van der Waals surface area contributed by atoms with Crippen LogP contribution in [-0.4, -0.2) is 28.8 Å². The van der Waals surface area contributed by atoms with Crippen LogP contribution in [0.25, 0.3) is 16.9 Å². The van der Waals surface area contributed by atoms with E-state index in [-0.39, 0.29) is 11.4 Å². The van der Waals surface area contributed by atoms with Gasteiger partial charge in [0, 0.05) is 5.56 Å². The van der Waals surface area contributed by atoms with Crippen molar-refractivity contribution < 1.29 is 19.1 Å². The number of methoxy groups -OCH3 is 1. The molecule has 0 saturated carbocycles. The van der Waals surface area contributed by atoms with E-state index >= 15 is 0 Å². The van der Waals surface area contributed by atoms with Crippen molar-refractivity contribution in [2.24, 2.45) is 0 Å². The molecule has 0 amide bonds. The van der Waals surface area contributed by atoms with Gasteiger partial charge in [0.2, 0.25) is 0 Å². The summed E-state index contributed by atoms with van der Waals surface area (Å²) in [5.41, 5.74) is 2.83. The molecule has 148 valence electrons. The molecule has 0 aliphatic carbocycles. The topological polar surface area (TPSA) is 70.4 Å². The van der Waals surface area contributed by atoms with Crippen LogP contribution in [0.4, 0.5) is 0 Å². The molecule has 30 heavy (non-hydrogen) atoms. The predicted octanol–water partition coefficient (Wildman–Crippen LogP) is 4.55. The fourth-order valence-electron chi connectivity index (χ4n) is 3.01. The number of ether oxygens (including phenoxy) is 2. The Hall–Kier alpha value is -4.19. The molecule has 1 heterocycles. The van der Waals surface area contributed by atoms with E-state index in [9.17, 15) is 9.59 Å². The molecule has 3 aromatic carbocycles. The van der Waals surface area contributed by atoms with Crippen molar-refractivity contribution in [1.82, 2.24) is 9.78 Å². The monoisotopic (exact) mass is 398 g/mol. The molecule has 4 aromatic rings. The summed E-state index contributed by atoms with van der Waals surface area (Å²) in [4.78, 5) is 24.7. The first-order valence-electron chi connectivity index (χ1n) is 9.27. The van der Waals surface area contributed by atoms with E-state index in [1.54, 1.807) is 28.9 Å². The number of aromatic nitrogens is 2. The first kappa shape index (κ1) is 19.1. The summed E-state index contributed by atoms with van der Waals surface area (Å²) in [5.74, 6) is -0.853. The van der Waals surface area contributed by atoms with Crippen molar-refractivity contribution in [1.29, 1.82) is 0 Å². The molecular weight excluding hydrogens is 380 g/mol. The fourth-order valence-corrected chi connectivity index (χ4v) is 3.01. The Morgan fingerprint density at radius 3 is 2.20 bits per heavy atom. The smallest absolute Gasteiger partial charge is 0.362 e. The van der Waals surface area contributed by atoms with E-state index in [1.807, 2.05) is 60.7 Å². The minimum atomic E-state index is -0.587. The SMILES string of the molecule is COC(=O)c1cccc(OC(=O)c2cc(-c3ccccc3)nn2-c2ccccc2)c1. The van der Waals surface area contributed by atoms with Crippen molar-refractivity contribution in [2.45, 2.75) is 0 Å². The van der Waals surface area contributed by atoms with Gasteiger partial charge in [-0.25, -0.2) is 14.3 Å². The molecule has 0 aliphatic heterocycles. The summed E-state index contributed by atoms with van der Waals surface area (Å²) in [6.07, 6.45) is 0. The molecule has 0 N–H and O–H groups in total. The molecule has 4 rings (SSSR count). The first-order chi connectivity index (χ1) is 14.7. The Balaban J connectivity index is 1.71. The van der Waals surface area contributed by atoms with Crippen molar-refractivity contribution in [3.63, 3.8) is 0 Å². The lowest BCUT2D eigenvalue weighted by molar-refractivity contribution is 0.0597. The summed E-state index contributed by atoms with van der Waals surface area (Å²) >= 11 is 0. The van der Waals surface area contributed by atoms with Crippen molar-refractivity contribution in [3.05, 3.63) is 102 Å². The van der Waals surface area contributed by atoms with Gasteiger partial charge in [0.15, 0.2) is 5.69 Å². The van der Waals surface area contributed by atoms with Crippen molar-refractivity contribution in [3.8, 4) is 22.7 Å². The maximum atomic E-state index is 13.0. The summed E-state index contributed by atoms with van der Waals surface area (Å²) in [6, 6.07) is 26.9. The van der Waals surface area contributed by atoms with Crippen LogP contribution in [0.1, 0.15) is 20.8 Å². The van der Waals surface area contributed by atoms with Crippen molar-refractivity contribution in [2.75, 3.05) is 7.11 Å². The third kappa shape index (κ3) is 3.98. The quantitative estimate of drug-likeness (QED) is 0.364. The minimum absolute atomic E-state index is 0.241. The van der Waals surface area contributed by atoms with Gasteiger partial charge in [-0.15, -0.1) is 0 Å². The van der Waals surface area contributed by atoms with E-state index in [0.29, 0.717) is 11.3 Å². The Morgan fingerprint density at radius 1 is 0.800 bits per heavy atom. The van der Waals surface area contributed by atoms with E-state index in [4.69, 9.17) is 9.47 Å². The van der Waals surface area contributed by atoms with E-state index in [1.165, 1.54) is 13.2 Å². The highest BCUT2D eigenvalue weighted by Gasteiger charge is 2.20. The summed E-state index contributed by atoms with van der Waals surface area (Å²) in [7, 11) is 1.30. The van der Waals surface area contributed by atoms with Crippen LogP contribution in [0.15, 0.2) is 91.0 Å². The van der Waals surface area contributed by atoms with Gasteiger partial charge in [-0.1, -0.05) is 54.6 Å². The highest BCUT2D eigenvalue weighted by atomic mass is 16.5. The van der Waals surface area contributed by atoms with Crippen LogP contribution < -0.4 is 4.74 Å². The van der Waals surface area contributed by atoms with Crippen LogP contribution in [0, 0.1) is 0 Å². The summed E-state index contributed by atoms with van der Waals surface area (Å²) in [6.45, 7) is 0. The lowest BCUT2D eigenvalue weighted by atomic mass is 10.1. The van der Waals surface area contributed by atoms with E-state index in [0.717, 1.165) is 11.3 Å². The molecular formula is C24H18N2O4. The van der Waals surface area contributed by atoms with Crippen LogP contribution in [0.2, 0.25) is 0 Å². The van der Waals surface area contributed by atoms with Gasteiger partial charge in [0.1, 0.15) is 5.75 Å². The maximum absolute atomic E-state index is 13.0. The second kappa shape index (κ2) is 8.45. The zero-order valence-electron chi connectivity index (χ0n) is 16.2. The van der Waals surface area contributed by atoms with E-state index < -0.39 is 11.9 Å². The first-order valence-corrected chi connectivity index (χ1v) is 9.27. The normalized spacial score (nSPS) is 10.4. The number of carbonyl (C=O) groups is 2. The number of carbonyl (C=O) groups excluding carboxylic acids is 2. The lowest BCUT2D eigenvalue weighted by Gasteiger charge is -2.08. The molecule has 1 aromatic heterocycles. The predicted molar refractivity (Wildman–Crippen MR) is 112 cm³/mol. The highest BCUT2D eigenvalue weighted by molar-refractivity contribution is 5.93. The number of hydrogen-bond donors (Lipinski definition) is 0. The zero-order valence-corrected chi connectivity index (χ0v) is 16.2. The second-order valence-electron chi connectivity index (χ2n) is 6.44. The van der Waals surface area contributed by atoms with E-state index in [2.05, 4.69) is 5.10 Å². The molecule has 0 spiro atoms. The molecule has 0 aliphatic rings. The molecule has 0 fully saturated rings. The standard InChI is InChI=1S/C24H18N2O4/c1-29-23(27)18-11-8-14-20(15-18)30-24(28)22-16-21(17-9-4-2-5-10-17)25-26(22)19-12-6-3-7-13-19/h2-16H,1H3. The average Bonchev–Trinajstić information content (AvgIpc) is 3.26. The van der Waals surface area contributed by atoms with Crippen LogP contribution in [0.3, 0.4) is 0 Å². The molecule has 6 heteroatoms.